The van der Waals surface area contributed by atoms with Gasteiger partial charge in [-0.1, -0.05) is 18.2 Å². The molecule has 3 rings (SSSR count). The summed E-state index contributed by atoms with van der Waals surface area (Å²) in [6, 6.07) is 6.56. The molecular weight excluding hydrogens is 224 g/mol. The number of hydrogen-bond donors (Lipinski definition) is 2. The highest BCUT2D eigenvalue weighted by Crippen LogP contribution is 2.25. The van der Waals surface area contributed by atoms with Crippen LogP contribution in [-0.2, 0) is 19.5 Å². The van der Waals surface area contributed by atoms with Crippen LogP contribution in [0.2, 0.25) is 0 Å². The Bertz CT molecular complexity index is 505. The molecule has 2 heterocycles. The molecule has 0 aliphatic carbocycles. The second-order valence-electron chi connectivity index (χ2n) is 4.61. The fourth-order valence-electron chi connectivity index (χ4n) is 2.41. The Morgan fingerprint density at radius 1 is 1.39 bits per heavy atom. The molecule has 4 nitrogen and oxygen atoms in total. The maximum atomic E-state index is 4.03. The van der Waals surface area contributed by atoms with Crippen molar-refractivity contribution in [3.05, 3.63) is 48.0 Å². The average Bonchev–Trinajstić information content (AvgIpc) is 3.05. The summed E-state index contributed by atoms with van der Waals surface area (Å²) < 4.78 is 2.08. The second-order valence-corrected chi connectivity index (χ2v) is 4.61. The number of hydrogen-bond acceptors (Lipinski definition) is 3. The lowest BCUT2D eigenvalue weighted by Gasteiger charge is -2.10. The highest BCUT2D eigenvalue weighted by Gasteiger charge is 2.12. The summed E-state index contributed by atoms with van der Waals surface area (Å²) in [5.74, 6) is 0. The molecule has 18 heavy (non-hydrogen) atoms. The first-order chi connectivity index (χ1) is 8.93. The summed E-state index contributed by atoms with van der Waals surface area (Å²) in [6.07, 6.45) is 6.80. The van der Waals surface area contributed by atoms with E-state index >= 15 is 0 Å². The predicted octanol–water partition coefficient (Wildman–Crippen LogP) is 1.64. The third kappa shape index (κ3) is 2.38. The van der Waals surface area contributed by atoms with Gasteiger partial charge in [-0.3, -0.25) is 0 Å². The van der Waals surface area contributed by atoms with Crippen molar-refractivity contribution in [2.75, 3.05) is 18.4 Å². The first-order valence-corrected chi connectivity index (χ1v) is 6.44. The zero-order chi connectivity index (χ0) is 12.2. The van der Waals surface area contributed by atoms with Crippen LogP contribution in [0.25, 0.3) is 0 Å². The summed E-state index contributed by atoms with van der Waals surface area (Å²) >= 11 is 0. The molecular formula is C14H18N4. The van der Waals surface area contributed by atoms with Gasteiger partial charge in [-0.2, -0.15) is 0 Å². The van der Waals surface area contributed by atoms with Crippen LogP contribution in [0.15, 0.2) is 36.9 Å². The first-order valence-electron chi connectivity index (χ1n) is 6.44. The number of fused-ring (bicyclic) bond motifs is 1. The lowest BCUT2D eigenvalue weighted by Crippen LogP contribution is -2.19. The van der Waals surface area contributed by atoms with E-state index in [4.69, 9.17) is 0 Å². The van der Waals surface area contributed by atoms with Gasteiger partial charge in [-0.25, -0.2) is 4.98 Å². The average molecular weight is 242 g/mol. The van der Waals surface area contributed by atoms with Crippen molar-refractivity contribution in [1.82, 2.24) is 14.9 Å². The predicted molar refractivity (Wildman–Crippen MR) is 72.6 cm³/mol. The normalized spacial score (nSPS) is 13.3. The molecule has 1 aliphatic rings. The van der Waals surface area contributed by atoms with Crippen LogP contribution in [0, 0.1) is 0 Å². The Hall–Kier alpha value is -1.81. The minimum atomic E-state index is 0.921. The summed E-state index contributed by atoms with van der Waals surface area (Å²) in [7, 11) is 0. The molecule has 0 radical (unpaired) electrons. The van der Waals surface area contributed by atoms with Gasteiger partial charge in [0.1, 0.15) is 0 Å². The van der Waals surface area contributed by atoms with Gasteiger partial charge < -0.3 is 15.2 Å². The number of para-hydroxylation sites is 1. The maximum Gasteiger partial charge on any atom is 0.0946 e. The summed E-state index contributed by atoms with van der Waals surface area (Å²) in [6.45, 7) is 3.91. The van der Waals surface area contributed by atoms with E-state index in [1.807, 2.05) is 18.7 Å². The monoisotopic (exact) mass is 242 g/mol. The van der Waals surface area contributed by atoms with Gasteiger partial charge in [0.25, 0.3) is 0 Å². The topological polar surface area (TPSA) is 41.9 Å². The Morgan fingerprint density at radius 3 is 3.28 bits per heavy atom. The molecule has 0 unspecified atom stereocenters. The van der Waals surface area contributed by atoms with Crippen molar-refractivity contribution >= 4 is 5.69 Å². The molecule has 0 saturated carbocycles. The minimum Gasteiger partial charge on any atom is -0.384 e. The zero-order valence-corrected chi connectivity index (χ0v) is 10.4. The van der Waals surface area contributed by atoms with Crippen molar-refractivity contribution in [2.45, 2.75) is 19.5 Å². The van der Waals surface area contributed by atoms with Crippen molar-refractivity contribution in [2.24, 2.45) is 0 Å². The molecule has 0 fully saturated rings. The molecule has 0 amide bonds. The van der Waals surface area contributed by atoms with Gasteiger partial charge in [0.15, 0.2) is 0 Å². The minimum absolute atomic E-state index is 0.921. The molecule has 1 aromatic carbocycles. The van der Waals surface area contributed by atoms with Gasteiger partial charge >= 0.3 is 0 Å². The van der Waals surface area contributed by atoms with Crippen LogP contribution >= 0.6 is 0 Å². The van der Waals surface area contributed by atoms with E-state index in [0.717, 1.165) is 32.6 Å². The number of imidazole rings is 1. The van der Waals surface area contributed by atoms with Gasteiger partial charge in [-0.15, -0.1) is 0 Å². The van der Waals surface area contributed by atoms with Gasteiger partial charge in [0.05, 0.1) is 6.33 Å². The van der Waals surface area contributed by atoms with Crippen molar-refractivity contribution in [3.8, 4) is 0 Å². The Morgan fingerprint density at radius 2 is 2.39 bits per heavy atom. The van der Waals surface area contributed by atoms with Crippen molar-refractivity contribution < 1.29 is 0 Å². The second kappa shape index (κ2) is 5.23. The number of anilines is 1. The SMILES string of the molecule is c1cc2c(c(CNCCn3ccnc3)c1)NCC2. The number of nitrogens with one attached hydrogen (secondary N) is 2. The number of benzene rings is 1. The van der Waals surface area contributed by atoms with Crippen molar-refractivity contribution in [1.29, 1.82) is 0 Å². The zero-order valence-electron chi connectivity index (χ0n) is 10.4. The molecule has 0 atom stereocenters. The standard InChI is InChI=1S/C14H18N4/c1-2-12-4-5-17-14(12)13(3-1)10-15-6-8-18-9-7-16-11-18/h1-3,7,9,11,15,17H,4-6,8,10H2. The molecule has 0 spiro atoms. The maximum absolute atomic E-state index is 4.03. The number of aromatic nitrogens is 2. The Balaban J connectivity index is 1.53. The van der Waals surface area contributed by atoms with E-state index in [0.29, 0.717) is 0 Å². The lowest BCUT2D eigenvalue weighted by atomic mass is 10.1. The summed E-state index contributed by atoms with van der Waals surface area (Å²) in [5.41, 5.74) is 4.16. The highest BCUT2D eigenvalue weighted by atomic mass is 15.0. The molecule has 2 aromatic rings. The van der Waals surface area contributed by atoms with Crippen LogP contribution in [0.3, 0.4) is 0 Å². The van der Waals surface area contributed by atoms with E-state index < -0.39 is 0 Å². The van der Waals surface area contributed by atoms with E-state index in [2.05, 4.69) is 38.4 Å². The Labute approximate surface area is 107 Å². The molecule has 1 aliphatic heterocycles. The van der Waals surface area contributed by atoms with Gasteiger partial charge in [0.2, 0.25) is 0 Å². The van der Waals surface area contributed by atoms with E-state index in [1.165, 1.54) is 16.8 Å². The van der Waals surface area contributed by atoms with Crippen LogP contribution in [-0.4, -0.2) is 22.6 Å². The van der Waals surface area contributed by atoms with E-state index in [1.54, 1.807) is 0 Å². The quantitative estimate of drug-likeness (QED) is 0.783. The first kappa shape index (κ1) is 11.3. The fourth-order valence-corrected chi connectivity index (χ4v) is 2.41. The Kier molecular flexibility index (Phi) is 3.28. The lowest BCUT2D eigenvalue weighted by molar-refractivity contribution is 0.598. The van der Waals surface area contributed by atoms with E-state index in [9.17, 15) is 0 Å². The smallest absolute Gasteiger partial charge is 0.0946 e. The van der Waals surface area contributed by atoms with Crippen LogP contribution in [0.1, 0.15) is 11.1 Å². The summed E-state index contributed by atoms with van der Waals surface area (Å²) in [5, 5.41) is 6.95. The largest absolute Gasteiger partial charge is 0.384 e. The van der Waals surface area contributed by atoms with Crippen molar-refractivity contribution in [3.63, 3.8) is 0 Å². The number of rotatable bonds is 5. The molecule has 4 heteroatoms. The van der Waals surface area contributed by atoms with Crippen LogP contribution in [0.5, 0.6) is 0 Å². The summed E-state index contributed by atoms with van der Waals surface area (Å²) in [4.78, 5) is 4.03. The molecule has 0 bridgehead atoms. The number of nitrogens with zero attached hydrogens (tertiary/aromatic N) is 2. The molecule has 2 N–H and O–H groups in total. The van der Waals surface area contributed by atoms with Crippen LogP contribution in [0.4, 0.5) is 5.69 Å². The van der Waals surface area contributed by atoms with Gasteiger partial charge in [-0.05, 0) is 17.5 Å². The highest BCUT2D eigenvalue weighted by molar-refractivity contribution is 5.61. The third-order valence-electron chi connectivity index (χ3n) is 3.35. The van der Waals surface area contributed by atoms with Crippen LogP contribution < -0.4 is 10.6 Å². The molecule has 1 aromatic heterocycles. The fraction of sp³-hybridized carbons (Fsp3) is 0.357. The molecule has 0 saturated heterocycles. The third-order valence-corrected chi connectivity index (χ3v) is 3.35. The van der Waals surface area contributed by atoms with E-state index in [-0.39, 0.29) is 0 Å². The van der Waals surface area contributed by atoms with Gasteiger partial charge in [0, 0.05) is 44.3 Å². The molecule has 94 valence electrons.